The molecule has 0 radical (unpaired) electrons. The van der Waals surface area contributed by atoms with Gasteiger partial charge in [-0.15, -0.1) is 0 Å². The highest BCUT2D eigenvalue weighted by Crippen LogP contribution is 2.18. The summed E-state index contributed by atoms with van der Waals surface area (Å²) in [5.74, 6) is 0.216. The molecule has 1 aromatic rings. The standard InChI is InChI=1S/C8H8N2O/c11-8-2-1-7(5-8)10-4-3-9-6-10/h3-6H,1-2H2. The number of carbonyl (C=O) groups excluding carboxylic acids is 1. The number of ketones is 1. The summed E-state index contributed by atoms with van der Waals surface area (Å²) >= 11 is 0. The summed E-state index contributed by atoms with van der Waals surface area (Å²) < 4.78 is 1.88. The Morgan fingerprint density at radius 2 is 2.36 bits per heavy atom. The molecule has 1 aliphatic rings. The Labute approximate surface area is 64.4 Å². The first kappa shape index (κ1) is 6.34. The Balaban J connectivity index is 2.31. The first-order chi connectivity index (χ1) is 5.36. The molecule has 2 rings (SSSR count). The van der Waals surface area contributed by atoms with Crippen LogP contribution in [0.4, 0.5) is 0 Å². The highest BCUT2D eigenvalue weighted by molar-refractivity contribution is 5.98. The lowest BCUT2D eigenvalue weighted by Crippen LogP contribution is -1.88. The van der Waals surface area contributed by atoms with Crippen LogP contribution in [0.5, 0.6) is 0 Å². The largest absolute Gasteiger partial charge is 0.310 e. The van der Waals surface area contributed by atoms with Crippen LogP contribution in [0.3, 0.4) is 0 Å². The maximum Gasteiger partial charge on any atom is 0.157 e. The van der Waals surface area contributed by atoms with Crippen molar-refractivity contribution < 1.29 is 4.79 Å². The van der Waals surface area contributed by atoms with Crippen LogP contribution in [0.25, 0.3) is 5.70 Å². The van der Waals surface area contributed by atoms with Gasteiger partial charge in [0.1, 0.15) is 0 Å². The third kappa shape index (κ3) is 1.09. The number of allylic oxidation sites excluding steroid dienone is 2. The summed E-state index contributed by atoms with van der Waals surface area (Å²) in [6, 6.07) is 0. The Kier molecular flexibility index (Phi) is 1.35. The van der Waals surface area contributed by atoms with Crippen LogP contribution >= 0.6 is 0 Å². The fraction of sp³-hybridized carbons (Fsp3) is 0.250. The van der Waals surface area contributed by atoms with E-state index in [-0.39, 0.29) is 5.78 Å². The molecule has 56 valence electrons. The monoisotopic (exact) mass is 148 g/mol. The van der Waals surface area contributed by atoms with Gasteiger partial charge in [0.15, 0.2) is 5.78 Å². The minimum absolute atomic E-state index is 0.216. The lowest BCUT2D eigenvalue weighted by atomic mass is 10.3. The second-order valence-electron chi connectivity index (χ2n) is 2.57. The molecule has 0 aliphatic heterocycles. The summed E-state index contributed by atoms with van der Waals surface area (Å²) in [6.07, 6.45) is 8.45. The van der Waals surface area contributed by atoms with Crippen molar-refractivity contribution in [1.29, 1.82) is 0 Å². The van der Waals surface area contributed by atoms with Gasteiger partial charge in [0.2, 0.25) is 0 Å². The fourth-order valence-electron chi connectivity index (χ4n) is 1.21. The van der Waals surface area contributed by atoms with E-state index in [1.54, 1.807) is 18.6 Å². The van der Waals surface area contributed by atoms with Gasteiger partial charge in [0.25, 0.3) is 0 Å². The average Bonchev–Trinajstić information content (AvgIpc) is 2.55. The summed E-state index contributed by atoms with van der Waals surface area (Å²) in [5.41, 5.74) is 1.05. The van der Waals surface area contributed by atoms with Gasteiger partial charge in [-0.1, -0.05) is 0 Å². The summed E-state index contributed by atoms with van der Waals surface area (Å²) in [7, 11) is 0. The van der Waals surface area contributed by atoms with Crippen LogP contribution in [0.1, 0.15) is 12.8 Å². The van der Waals surface area contributed by atoms with Gasteiger partial charge in [-0.05, 0) is 6.42 Å². The minimum atomic E-state index is 0.216. The highest BCUT2D eigenvalue weighted by atomic mass is 16.1. The predicted octanol–water partition coefficient (Wildman–Crippen LogP) is 1.09. The van der Waals surface area contributed by atoms with Crippen molar-refractivity contribution in [2.24, 2.45) is 0 Å². The summed E-state index contributed by atoms with van der Waals surface area (Å²) in [5, 5.41) is 0. The second-order valence-corrected chi connectivity index (χ2v) is 2.57. The fourth-order valence-corrected chi connectivity index (χ4v) is 1.21. The molecule has 0 aromatic carbocycles. The Morgan fingerprint density at radius 3 is 2.91 bits per heavy atom. The topological polar surface area (TPSA) is 34.9 Å². The van der Waals surface area contributed by atoms with E-state index in [0.717, 1.165) is 12.1 Å². The quantitative estimate of drug-likeness (QED) is 0.597. The van der Waals surface area contributed by atoms with Crippen LogP contribution in [0.15, 0.2) is 24.8 Å². The van der Waals surface area contributed by atoms with Crippen molar-refractivity contribution >= 4 is 11.5 Å². The van der Waals surface area contributed by atoms with Crippen molar-refractivity contribution in [3.05, 3.63) is 24.8 Å². The average molecular weight is 148 g/mol. The smallest absolute Gasteiger partial charge is 0.157 e. The van der Waals surface area contributed by atoms with E-state index in [1.165, 1.54) is 0 Å². The number of nitrogens with zero attached hydrogens (tertiary/aromatic N) is 2. The van der Waals surface area contributed by atoms with E-state index in [2.05, 4.69) is 4.98 Å². The SMILES string of the molecule is O=C1C=C(n2ccnc2)CC1. The Morgan fingerprint density at radius 1 is 1.45 bits per heavy atom. The van der Waals surface area contributed by atoms with Crippen molar-refractivity contribution in [1.82, 2.24) is 9.55 Å². The lowest BCUT2D eigenvalue weighted by Gasteiger charge is -1.98. The lowest BCUT2D eigenvalue weighted by molar-refractivity contribution is -0.114. The van der Waals surface area contributed by atoms with Crippen LogP contribution < -0.4 is 0 Å². The van der Waals surface area contributed by atoms with Gasteiger partial charge >= 0.3 is 0 Å². The molecule has 0 saturated heterocycles. The van der Waals surface area contributed by atoms with Crippen molar-refractivity contribution in [3.8, 4) is 0 Å². The van der Waals surface area contributed by atoms with Crippen LogP contribution in [-0.4, -0.2) is 15.3 Å². The third-order valence-electron chi connectivity index (χ3n) is 1.79. The van der Waals surface area contributed by atoms with Crippen molar-refractivity contribution in [2.45, 2.75) is 12.8 Å². The first-order valence-electron chi connectivity index (χ1n) is 3.58. The Bertz CT molecular complexity index is 298. The normalized spacial score (nSPS) is 17.1. The summed E-state index contributed by atoms with van der Waals surface area (Å²) in [6.45, 7) is 0. The Hall–Kier alpha value is -1.38. The molecule has 0 unspecified atom stereocenters. The van der Waals surface area contributed by atoms with Crippen LogP contribution in [0, 0.1) is 0 Å². The predicted molar refractivity (Wildman–Crippen MR) is 40.7 cm³/mol. The maximum absolute atomic E-state index is 10.8. The molecular formula is C8H8N2O. The van der Waals surface area contributed by atoms with E-state index in [0.29, 0.717) is 6.42 Å². The van der Waals surface area contributed by atoms with Gasteiger partial charge in [0.05, 0.1) is 6.33 Å². The molecule has 0 spiro atoms. The molecule has 0 bridgehead atoms. The molecule has 0 fully saturated rings. The van der Waals surface area contributed by atoms with Gasteiger partial charge < -0.3 is 4.57 Å². The number of hydrogen-bond acceptors (Lipinski definition) is 2. The first-order valence-corrected chi connectivity index (χ1v) is 3.58. The molecule has 0 saturated carbocycles. The number of imidazole rings is 1. The zero-order chi connectivity index (χ0) is 7.68. The molecule has 11 heavy (non-hydrogen) atoms. The van der Waals surface area contributed by atoms with Crippen LogP contribution in [0.2, 0.25) is 0 Å². The third-order valence-corrected chi connectivity index (χ3v) is 1.79. The number of aromatic nitrogens is 2. The van der Waals surface area contributed by atoms with E-state index in [4.69, 9.17) is 0 Å². The zero-order valence-corrected chi connectivity index (χ0v) is 6.03. The van der Waals surface area contributed by atoms with Crippen molar-refractivity contribution in [3.63, 3.8) is 0 Å². The van der Waals surface area contributed by atoms with Gasteiger partial charge in [-0.2, -0.15) is 0 Å². The number of hydrogen-bond donors (Lipinski definition) is 0. The molecule has 1 aliphatic carbocycles. The van der Waals surface area contributed by atoms with E-state index in [1.807, 2.05) is 10.8 Å². The zero-order valence-electron chi connectivity index (χ0n) is 6.03. The van der Waals surface area contributed by atoms with E-state index >= 15 is 0 Å². The van der Waals surface area contributed by atoms with E-state index < -0.39 is 0 Å². The molecule has 3 nitrogen and oxygen atoms in total. The van der Waals surface area contributed by atoms with Gasteiger partial charge in [-0.3, -0.25) is 4.79 Å². The van der Waals surface area contributed by atoms with Gasteiger partial charge in [-0.25, -0.2) is 4.98 Å². The molecule has 0 atom stereocenters. The molecule has 1 aromatic heterocycles. The molecule has 1 heterocycles. The number of rotatable bonds is 1. The van der Waals surface area contributed by atoms with Gasteiger partial charge in [0, 0.05) is 30.6 Å². The maximum atomic E-state index is 10.8. The molecule has 0 N–H and O–H groups in total. The van der Waals surface area contributed by atoms with E-state index in [9.17, 15) is 4.79 Å². The highest BCUT2D eigenvalue weighted by Gasteiger charge is 2.12. The number of carbonyl (C=O) groups is 1. The molecule has 0 amide bonds. The molecular weight excluding hydrogens is 140 g/mol. The van der Waals surface area contributed by atoms with Crippen molar-refractivity contribution in [2.75, 3.05) is 0 Å². The molecule has 3 heteroatoms. The summed E-state index contributed by atoms with van der Waals surface area (Å²) in [4.78, 5) is 14.7. The minimum Gasteiger partial charge on any atom is -0.310 e. The second kappa shape index (κ2) is 2.34. The van der Waals surface area contributed by atoms with Crippen LogP contribution in [-0.2, 0) is 4.79 Å².